The van der Waals surface area contributed by atoms with Crippen molar-refractivity contribution >= 4 is 13.7 Å². The highest BCUT2D eigenvalue weighted by Gasteiger charge is 2.23. The topological polar surface area (TPSA) is 108 Å². The molecule has 8 nitrogen and oxygen atoms in total. The van der Waals surface area contributed by atoms with Gasteiger partial charge >= 0.3 is 0 Å². The summed E-state index contributed by atoms with van der Waals surface area (Å²) in [5, 5.41) is 13.7. The molecule has 1 amide bonds. The van der Waals surface area contributed by atoms with E-state index in [1.165, 1.54) is 38.5 Å². The lowest BCUT2D eigenvalue weighted by molar-refractivity contribution is -0.870. The number of nitrogens with zero attached hydrogens (tertiary/aromatic N) is 1. The Balaban J connectivity index is 4.44. The molecule has 0 heterocycles. The van der Waals surface area contributed by atoms with Crippen LogP contribution in [0.15, 0.2) is 97.2 Å². The number of allylic oxidation sites excluding steroid dienone is 15. The molecule has 0 rings (SSSR count). The molecule has 58 heavy (non-hydrogen) atoms. The molecule has 0 spiro atoms. The smallest absolute Gasteiger partial charge is 0.268 e. The summed E-state index contributed by atoms with van der Waals surface area (Å²) >= 11 is 0. The van der Waals surface area contributed by atoms with Crippen LogP contribution < -0.4 is 10.2 Å². The fourth-order valence-electron chi connectivity index (χ4n) is 5.68. The van der Waals surface area contributed by atoms with Gasteiger partial charge in [-0.3, -0.25) is 9.36 Å². The molecule has 3 atom stereocenters. The molecule has 9 heteroatoms. The summed E-state index contributed by atoms with van der Waals surface area (Å²) in [4.78, 5) is 25.3. The van der Waals surface area contributed by atoms with Crippen LogP contribution in [0.3, 0.4) is 0 Å². The van der Waals surface area contributed by atoms with E-state index < -0.39 is 26.6 Å². The molecule has 332 valence electrons. The number of likely N-dealkylation sites (N-methyl/N-ethyl adjacent to an activating group) is 1. The lowest BCUT2D eigenvalue weighted by atomic mass is 10.1. The second kappa shape index (κ2) is 39.9. The summed E-state index contributed by atoms with van der Waals surface area (Å²) in [6, 6.07) is -0.921. The first-order valence-electron chi connectivity index (χ1n) is 22.6. The van der Waals surface area contributed by atoms with E-state index >= 15 is 0 Å². The molecule has 0 saturated carbocycles. The second-order valence-corrected chi connectivity index (χ2v) is 17.4. The van der Waals surface area contributed by atoms with Crippen LogP contribution in [-0.4, -0.2) is 68.5 Å². The number of phosphoric acid groups is 1. The quantitative estimate of drug-likeness (QED) is 0.0276. The van der Waals surface area contributed by atoms with Gasteiger partial charge in [0.15, 0.2) is 0 Å². The highest BCUT2D eigenvalue weighted by Crippen LogP contribution is 2.38. The Hall–Kier alpha value is -2.58. The molecule has 0 aromatic heterocycles. The van der Waals surface area contributed by atoms with Crippen LogP contribution in [0, 0.1) is 0 Å². The lowest BCUT2D eigenvalue weighted by Gasteiger charge is -2.29. The van der Waals surface area contributed by atoms with Crippen LogP contribution in [0.25, 0.3) is 0 Å². The van der Waals surface area contributed by atoms with Crippen molar-refractivity contribution in [1.29, 1.82) is 0 Å². The standard InChI is InChI=1S/C49H85N2O6P/c1-6-8-10-12-14-16-18-20-21-22-23-24-25-26-27-28-29-31-33-35-37-39-41-43-49(53)50-47(46-57-58(54,55)56-45-44-51(3,4)5)48(52)42-40-38-36-34-32-30-19-17-15-13-11-9-7-2/h8,10,14-17,20-21,23-24,26-27,32,34,40,42,47-48,52H,6-7,9,11-13,18-19,22,25,28-31,33,35-39,41,43-46H2,1-5H3,(H-,50,53,54,55)/b10-8-,16-14-,17-15+,21-20-,24-23-,27-26-,34-32+,42-40+. The van der Waals surface area contributed by atoms with E-state index in [9.17, 15) is 19.4 Å². The molecule has 0 aliphatic rings. The van der Waals surface area contributed by atoms with Crippen molar-refractivity contribution < 1.29 is 32.9 Å². The predicted octanol–water partition coefficient (Wildman–Crippen LogP) is 12.1. The third-order valence-electron chi connectivity index (χ3n) is 9.26. The van der Waals surface area contributed by atoms with Gasteiger partial charge in [-0.25, -0.2) is 0 Å². The second-order valence-electron chi connectivity index (χ2n) is 16.0. The molecule has 0 aliphatic heterocycles. The molecule has 0 aromatic carbocycles. The first kappa shape index (κ1) is 55.4. The largest absolute Gasteiger partial charge is 0.756 e. The summed E-state index contributed by atoms with van der Waals surface area (Å²) < 4.78 is 23.1. The SMILES string of the molecule is CC/C=C\C/C=C\C/C=C\C/C=C\C/C=C\CCCCCCCCCC(=O)NC(COP(=O)([O-])OCC[N+](C)(C)C)C(O)/C=C/CC/C=C/CC/C=C/CCCCC. The molecule has 0 radical (unpaired) electrons. The van der Waals surface area contributed by atoms with Crippen LogP contribution in [-0.2, 0) is 18.4 Å². The Morgan fingerprint density at radius 2 is 1.07 bits per heavy atom. The predicted molar refractivity (Wildman–Crippen MR) is 246 cm³/mol. The lowest BCUT2D eigenvalue weighted by Crippen LogP contribution is -2.45. The minimum Gasteiger partial charge on any atom is -0.756 e. The van der Waals surface area contributed by atoms with Crippen LogP contribution in [0.4, 0.5) is 0 Å². The van der Waals surface area contributed by atoms with Gasteiger partial charge in [0.05, 0.1) is 39.9 Å². The maximum Gasteiger partial charge on any atom is 0.268 e. The molecule has 0 bridgehead atoms. The van der Waals surface area contributed by atoms with Crippen molar-refractivity contribution in [2.45, 2.75) is 167 Å². The minimum atomic E-state index is -4.61. The number of phosphoric ester groups is 1. The Bertz CT molecular complexity index is 1260. The summed E-state index contributed by atoms with van der Waals surface area (Å²) in [5.74, 6) is -0.229. The van der Waals surface area contributed by atoms with Crippen molar-refractivity contribution in [1.82, 2.24) is 5.32 Å². The Labute approximate surface area is 356 Å². The fourth-order valence-corrected chi connectivity index (χ4v) is 6.40. The molecule has 0 saturated heterocycles. The molecule has 0 aliphatic carbocycles. The van der Waals surface area contributed by atoms with E-state index in [2.05, 4.69) is 104 Å². The third-order valence-corrected chi connectivity index (χ3v) is 10.2. The molecular formula is C49H85N2O6P. The van der Waals surface area contributed by atoms with Gasteiger partial charge in [-0.05, 0) is 89.9 Å². The molecule has 0 aromatic rings. The number of rotatable bonds is 39. The number of hydrogen-bond donors (Lipinski definition) is 2. The Morgan fingerprint density at radius 1 is 0.621 bits per heavy atom. The maximum atomic E-state index is 12.9. The number of hydrogen-bond acceptors (Lipinski definition) is 6. The van der Waals surface area contributed by atoms with Gasteiger partial charge in [-0.15, -0.1) is 0 Å². The van der Waals surface area contributed by atoms with Gasteiger partial charge < -0.3 is 28.8 Å². The van der Waals surface area contributed by atoms with Crippen LogP contribution in [0.1, 0.15) is 155 Å². The van der Waals surface area contributed by atoms with Crippen molar-refractivity contribution in [3.63, 3.8) is 0 Å². The fraction of sp³-hybridized carbons (Fsp3) is 0.653. The highest BCUT2D eigenvalue weighted by atomic mass is 31.2. The van der Waals surface area contributed by atoms with E-state index in [0.717, 1.165) is 96.3 Å². The van der Waals surface area contributed by atoms with Crippen molar-refractivity contribution in [2.24, 2.45) is 0 Å². The van der Waals surface area contributed by atoms with Crippen LogP contribution in [0.2, 0.25) is 0 Å². The average molecular weight is 829 g/mol. The number of quaternary nitrogens is 1. The number of aliphatic hydroxyl groups is 1. The first-order valence-corrected chi connectivity index (χ1v) is 24.1. The van der Waals surface area contributed by atoms with E-state index in [1.807, 2.05) is 27.2 Å². The molecular weight excluding hydrogens is 744 g/mol. The van der Waals surface area contributed by atoms with Gasteiger partial charge in [-0.2, -0.15) is 0 Å². The van der Waals surface area contributed by atoms with Gasteiger partial charge in [-0.1, -0.05) is 156 Å². The first-order chi connectivity index (χ1) is 28.0. The van der Waals surface area contributed by atoms with E-state index in [1.54, 1.807) is 6.08 Å². The maximum absolute atomic E-state index is 12.9. The van der Waals surface area contributed by atoms with Crippen molar-refractivity contribution in [3.8, 4) is 0 Å². The Kier molecular flexibility index (Phi) is 38.1. The number of amides is 1. The van der Waals surface area contributed by atoms with Crippen LogP contribution in [0.5, 0.6) is 0 Å². The van der Waals surface area contributed by atoms with E-state index in [0.29, 0.717) is 17.4 Å². The Morgan fingerprint density at radius 3 is 1.60 bits per heavy atom. The monoisotopic (exact) mass is 829 g/mol. The third kappa shape index (κ3) is 41.6. The summed E-state index contributed by atoms with van der Waals surface area (Å²) in [5.41, 5.74) is 0. The van der Waals surface area contributed by atoms with E-state index in [4.69, 9.17) is 9.05 Å². The zero-order chi connectivity index (χ0) is 42.8. The molecule has 2 N–H and O–H groups in total. The number of unbranched alkanes of at least 4 members (excludes halogenated alkanes) is 12. The van der Waals surface area contributed by atoms with Crippen molar-refractivity contribution in [2.75, 3.05) is 40.9 Å². The number of aliphatic hydroxyl groups excluding tert-OH is 1. The van der Waals surface area contributed by atoms with Crippen LogP contribution >= 0.6 is 7.82 Å². The highest BCUT2D eigenvalue weighted by molar-refractivity contribution is 7.45. The molecule has 3 unspecified atom stereocenters. The zero-order valence-electron chi connectivity index (χ0n) is 37.5. The summed E-state index contributed by atoms with van der Waals surface area (Å²) in [6.07, 6.45) is 56.0. The number of carbonyl (C=O) groups excluding carboxylic acids is 1. The number of nitrogens with one attached hydrogen (secondary N) is 1. The van der Waals surface area contributed by atoms with Gasteiger partial charge in [0.25, 0.3) is 7.82 Å². The average Bonchev–Trinajstić information content (AvgIpc) is 3.17. The summed E-state index contributed by atoms with van der Waals surface area (Å²) in [6.45, 7) is 4.43. The van der Waals surface area contributed by atoms with Gasteiger partial charge in [0.2, 0.25) is 5.91 Å². The van der Waals surface area contributed by atoms with E-state index in [-0.39, 0.29) is 12.5 Å². The minimum absolute atomic E-state index is 0.0170. The normalized spacial score (nSPS) is 15.2. The van der Waals surface area contributed by atoms with Gasteiger partial charge in [0, 0.05) is 6.42 Å². The van der Waals surface area contributed by atoms with Crippen molar-refractivity contribution in [3.05, 3.63) is 97.2 Å². The number of carbonyl (C=O) groups is 1. The van der Waals surface area contributed by atoms with Gasteiger partial charge in [0.1, 0.15) is 13.2 Å². The zero-order valence-corrected chi connectivity index (χ0v) is 38.3. The molecule has 0 fully saturated rings. The summed E-state index contributed by atoms with van der Waals surface area (Å²) in [7, 11) is 1.21.